The second-order valence-corrected chi connectivity index (χ2v) is 12.5. The van der Waals surface area contributed by atoms with Crippen molar-refractivity contribution in [1.29, 1.82) is 0 Å². The largest absolute Gasteiger partial charge is 0.498 e. The lowest BCUT2D eigenvalue weighted by molar-refractivity contribution is 0.00578. The van der Waals surface area contributed by atoms with Gasteiger partial charge in [-0.2, -0.15) is 0 Å². The van der Waals surface area contributed by atoms with E-state index < -0.39 is 39.9 Å². The number of ether oxygens (including phenoxy) is 1. The Morgan fingerprint density at radius 2 is 1.75 bits per heavy atom. The molecule has 0 aromatic carbocycles. The molecule has 0 radical (unpaired) electrons. The fourth-order valence-electron chi connectivity index (χ4n) is 3.67. The first kappa shape index (κ1) is 24.9. The molecular formula is C21H34BN3O6S. The Labute approximate surface area is 191 Å². The van der Waals surface area contributed by atoms with Crippen LogP contribution in [0.1, 0.15) is 61.3 Å². The lowest BCUT2D eigenvalue weighted by Gasteiger charge is -2.33. The maximum absolute atomic E-state index is 12.9. The lowest BCUT2D eigenvalue weighted by Crippen LogP contribution is -2.44. The molecule has 0 spiro atoms. The Hall–Kier alpha value is -1.72. The van der Waals surface area contributed by atoms with Crippen molar-refractivity contribution < 1.29 is 27.3 Å². The van der Waals surface area contributed by atoms with E-state index in [0.717, 1.165) is 6.42 Å². The average Bonchev–Trinajstić information content (AvgIpc) is 2.88. The van der Waals surface area contributed by atoms with E-state index >= 15 is 0 Å². The van der Waals surface area contributed by atoms with Crippen LogP contribution in [0, 0.1) is 5.92 Å². The molecule has 0 aliphatic carbocycles. The van der Waals surface area contributed by atoms with Crippen LogP contribution in [0.4, 0.5) is 4.79 Å². The first-order valence-corrected chi connectivity index (χ1v) is 12.6. The third-order valence-corrected chi connectivity index (χ3v) is 7.75. The molecule has 2 fully saturated rings. The van der Waals surface area contributed by atoms with Crippen molar-refractivity contribution in [2.24, 2.45) is 5.92 Å². The highest BCUT2D eigenvalue weighted by molar-refractivity contribution is 7.91. The molecule has 1 atom stereocenters. The molecule has 0 bridgehead atoms. The minimum Gasteiger partial charge on any atom is -0.444 e. The smallest absolute Gasteiger partial charge is 0.444 e. The summed E-state index contributed by atoms with van der Waals surface area (Å²) in [6.45, 7) is 14.1. The van der Waals surface area contributed by atoms with Crippen LogP contribution in [0.25, 0.3) is 0 Å². The maximum atomic E-state index is 12.9. The highest BCUT2D eigenvalue weighted by Gasteiger charge is 2.52. The van der Waals surface area contributed by atoms with Crippen LogP contribution < -0.4 is 5.46 Å². The molecule has 9 nitrogen and oxygen atoms in total. The number of likely N-dealkylation sites (tertiary alicyclic amines) is 1. The molecule has 0 saturated carbocycles. The van der Waals surface area contributed by atoms with Crippen molar-refractivity contribution >= 4 is 28.5 Å². The molecule has 2 aliphatic rings. The fraction of sp³-hybridized carbons (Fsp3) is 0.762. The van der Waals surface area contributed by atoms with Gasteiger partial charge in [0, 0.05) is 30.9 Å². The van der Waals surface area contributed by atoms with E-state index in [-0.39, 0.29) is 16.8 Å². The predicted molar refractivity (Wildman–Crippen MR) is 120 cm³/mol. The minimum absolute atomic E-state index is 0.123. The first-order chi connectivity index (χ1) is 14.6. The van der Waals surface area contributed by atoms with Crippen LogP contribution >= 0.6 is 0 Å². The number of piperidine rings is 1. The molecule has 0 N–H and O–H groups in total. The summed E-state index contributed by atoms with van der Waals surface area (Å²) in [4.78, 5) is 22.1. The Morgan fingerprint density at radius 3 is 2.28 bits per heavy atom. The van der Waals surface area contributed by atoms with Gasteiger partial charge in [-0.3, -0.25) is 0 Å². The van der Waals surface area contributed by atoms with Crippen molar-refractivity contribution in [2.75, 3.05) is 18.8 Å². The number of amides is 1. The highest BCUT2D eigenvalue weighted by atomic mass is 32.2. The van der Waals surface area contributed by atoms with Gasteiger partial charge in [0.25, 0.3) is 0 Å². The van der Waals surface area contributed by atoms with Gasteiger partial charge >= 0.3 is 13.2 Å². The van der Waals surface area contributed by atoms with Gasteiger partial charge in [-0.25, -0.2) is 23.2 Å². The molecule has 1 aromatic rings. The van der Waals surface area contributed by atoms with Crippen molar-refractivity contribution in [2.45, 2.75) is 83.3 Å². The van der Waals surface area contributed by atoms with Crippen molar-refractivity contribution in [3.63, 3.8) is 0 Å². The van der Waals surface area contributed by atoms with Gasteiger partial charge in [0.1, 0.15) is 5.60 Å². The van der Waals surface area contributed by atoms with Gasteiger partial charge in [-0.05, 0) is 67.2 Å². The van der Waals surface area contributed by atoms with E-state index in [0.29, 0.717) is 25.0 Å². The van der Waals surface area contributed by atoms with Crippen LogP contribution in [0.15, 0.2) is 17.6 Å². The number of rotatable bonds is 4. The van der Waals surface area contributed by atoms with Crippen LogP contribution in [0.2, 0.25) is 0 Å². The Morgan fingerprint density at radius 1 is 1.19 bits per heavy atom. The topological polar surface area (TPSA) is 108 Å². The summed E-state index contributed by atoms with van der Waals surface area (Å²) in [5.41, 5.74) is -1.05. The predicted octanol–water partition coefficient (Wildman–Crippen LogP) is 2.20. The van der Waals surface area contributed by atoms with Gasteiger partial charge in [-0.1, -0.05) is 0 Å². The van der Waals surface area contributed by atoms with E-state index in [2.05, 4.69) is 9.97 Å². The van der Waals surface area contributed by atoms with Gasteiger partial charge in [0.05, 0.1) is 17.0 Å². The zero-order chi connectivity index (χ0) is 23.9. The summed E-state index contributed by atoms with van der Waals surface area (Å²) < 4.78 is 43.2. The van der Waals surface area contributed by atoms with E-state index in [1.807, 2.05) is 27.7 Å². The third kappa shape index (κ3) is 5.61. The first-order valence-electron chi connectivity index (χ1n) is 11.0. The minimum atomic E-state index is -3.71. The number of sulfone groups is 1. The fourth-order valence-corrected chi connectivity index (χ4v) is 5.13. The normalized spacial score (nSPS) is 23.3. The summed E-state index contributed by atoms with van der Waals surface area (Å²) in [6.07, 6.45) is 3.90. The van der Waals surface area contributed by atoms with Crippen molar-refractivity contribution in [3.05, 3.63) is 12.4 Å². The molecular weight excluding hydrogens is 433 g/mol. The summed E-state index contributed by atoms with van der Waals surface area (Å²) >= 11 is 0. The summed E-state index contributed by atoms with van der Waals surface area (Å²) in [5.74, 6) is -0.324. The second-order valence-electron chi connectivity index (χ2n) is 10.6. The monoisotopic (exact) mass is 467 g/mol. The lowest BCUT2D eigenvalue weighted by atomic mass is 9.81. The second kappa shape index (κ2) is 8.57. The number of aromatic nitrogens is 2. The molecule has 1 amide bonds. The Bertz CT molecular complexity index is 927. The van der Waals surface area contributed by atoms with Crippen LogP contribution in [0.3, 0.4) is 0 Å². The number of nitrogens with zero attached hydrogens (tertiary/aromatic N) is 3. The van der Waals surface area contributed by atoms with Crippen molar-refractivity contribution in [3.8, 4) is 0 Å². The van der Waals surface area contributed by atoms with Gasteiger partial charge in [0.2, 0.25) is 15.0 Å². The van der Waals surface area contributed by atoms with Gasteiger partial charge in [0.15, 0.2) is 0 Å². The number of carbonyl (C=O) groups is 1. The van der Waals surface area contributed by atoms with Crippen LogP contribution in [-0.2, 0) is 23.9 Å². The molecule has 11 heteroatoms. The molecule has 32 heavy (non-hydrogen) atoms. The molecule has 2 aliphatic heterocycles. The zero-order valence-corrected chi connectivity index (χ0v) is 20.9. The average molecular weight is 467 g/mol. The number of hydrogen-bond donors (Lipinski definition) is 0. The highest BCUT2D eigenvalue weighted by Crippen LogP contribution is 2.36. The van der Waals surface area contributed by atoms with E-state index in [4.69, 9.17) is 14.0 Å². The van der Waals surface area contributed by atoms with Gasteiger partial charge < -0.3 is 18.9 Å². The molecule has 1 unspecified atom stereocenters. The maximum Gasteiger partial charge on any atom is 0.498 e. The van der Waals surface area contributed by atoms with E-state index in [9.17, 15) is 13.2 Å². The molecule has 2 saturated heterocycles. The SMILES string of the molecule is CC(C)(C)OC(=O)N1CCCC(CS(=O)(=O)c2ncc(B3OC(C)(C)C(C)(C)O3)cn2)C1. The van der Waals surface area contributed by atoms with Crippen LogP contribution in [0.5, 0.6) is 0 Å². The Balaban J connectivity index is 1.65. The van der Waals surface area contributed by atoms with Crippen molar-refractivity contribution in [1.82, 2.24) is 14.9 Å². The number of carbonyl (C=O) groups excluding carboxylic acids is 1. The summed E-state index contributed by atoms with van der Waals surface area (Å²) in [7, 11) is -4.37. The Kier molecular flexibility index (Phi) is 6.67. The summed E-state index contributed by atoms with van der Waals surface area (Å²) in [5, 5.41) is -0.229. The standard InChI is InChI=1S/C21H34BN3O6S/c1-19(2,3)29-18(26)25-10-8-9-15(13-25)14-32(27,28)17-23-11-16(12-24-17)22-30-20(4,5)21(6,7)31-22/h11-12,15H,8-10,13-14H2,1-7H3. The zero-order valence-electron chi connectivity index (χ0n) is 20.0. The quantitative estimate of drug-likeness (QED) is 0.490. The van der Waals surface area contributed by atoms with E-state index in [1.54, 1.807) is 25.7 Å². The van der Waals surface area contributed by atoms with Crippen LogP contribution in [-0.4, -0.2) is 72.1 Å². The van der Waals surface area contributed by atoms with Gasteiger partial charge in [-0.15, -0.1) is 0 Å². The summed E-state index contributed by atoms with van der Waals surface area (Å²) in [6, 6.07) is 0. The molecule has 3 heterocycles. The molecule has 178 valence electrons. The molecule has 3 rings (SSSR count). The molecule has 1 aromatic heterocycles. The third-order valence-electron chi connectivity index (χ3n) is 6.08. The van der Waals surface area contributed by atoms with E-state index in [1.165, 1.54) is 12.4 Å². The number of hydrogen-bond acceptors (Lipinski definition) is 8.